The maximum atomic E-state index is 11.4. The van der Waals surface area contributed by atoms with Gasteiger partial charge in [0.05, 0.1) is 14.7 Å². The van der Waals surface area contributed by atoms with Crippen LogP contribution >= 0.6 is 31.9 Å². The van der Waals surface area contributed by atoms with Gasteiger partial charge >= 0.3 is 0 Å². The number of nitro benzene ring substituents is 1. The van der Waals surface area contributed by atoms with Gasteiger partial charge in [-0.2, -0.15) is 0 Å². The summed E-state index contributed by atoms with van der Waals surface area (Å²) in [5.41, 5.74) is 1.05. The van der Waals surface area contributed by atoms with Crippen LogP contribution in [0.1, 0.15) is 15.9 Å². The van der Waals surface area contributed by atoms with Crippen molar-refractivity contribution in [3.8, 4) is 0 Å². The summed E-state index contributed by atoms with van der Waals surface area (Å²) in [5.74, 6) is -0.0944. The largest absolute Gasteiger partial charge is 0.293 e. The standard InChI is InChI=1S/C9H7Br2NO3/c1-5-6(8(13)4-10)2-3-7(9(5)11)12(14)15/h2-3H,4H2,1H3. The van der Waals surface area contributed by atoms with Gasteiger partial charge in [0.15, 0.2) is 5.78 Å². The van der Waals surface area contributed by atoms with Crippen LogP contribution in [-0.2, 0) is 0 Å². The highest BCUT2D eigenvalue weighted by atomic mass is 79.9. The lowest BCUT2D eigenvalue weighted by molar-refractivity contribution is -0.385. The highest BCUT2D eigenvalue weighted by Gasteiger charge is 2.18. The van der Waals surface area contributed by atoms with Crippen LogP contribution in [0.3, 0.4) is 0 Å². The number of rotatable bonds is 3. The average molecular weight is 337 g/mol. The second-order valence-corrected chi connectivity index (χ2v) is 4.24. The maximum absolute atomic E-state index is 11.4. The van der Waals surface area contributed by atoms with E-state index in [-0.39, 0.29) is 16.8 Å². The molecule has 0 radical (unpaired) electrons. The van der Waals surface area contributed by atoms with Crippen LogP contribution in [0.5, 0.6) is 0 Å². The van der Waals surface area contributed by atoms with E-state index in [4.69, 9.17) is 0 Å². The summed E-state index contributed by atoms with van der Waals surface area (Å²) in [5, 5.41) is 10.8. The monoisotopic (exact) mass is 335 g/mol. The van der Waals surface area contributed by atoms with Crippen molar-refractivity contribution in [1.82, 2.24) is 0 Å². The molecule has 1 aromatic carbocycles. The van der Waals surface area contributed by atoms with Crippen molar-refractivity contribution in [2.24, 2.45) is 0 Å². The number of benzene rings is 1. The number of halogens is 2. The van der Waals surface area contributed by atoms with Gasteiger partial charge in [-0.3, -0.25) is 14.9 Å². The lowest BCUT2D eigenvalue weighted by Crippen LogP contribution is -2.04. The van der Waals surface area contributed by atoms with Gasteiger partial charge in [0, 0.05) is 11.6 Å². The molecule has 6 heteroatoms. The highest BCUT2D eigenvalue weighted by molar-refractivity contribution is 9.10. The van der Waals surface area contributed by atoms with E-state index < -0.39 is 4.92 Å². The molecule has 0 amide bonds. The molecule has 0 unspecified atom stereocenters. The Bertz CT molecular complexity index is 432. The third-order valence-corrected chi connectivity index (χ3v) is 3.49. The second-order valence-electron chi connectivity index (χ2n) is 2.89. The Balaban J connectivity index is 3.33. The quantitative estimate of drug-likeness (QED) is 0.368. The van der Waals surface area contributed by atoms with Crippen LogP contribution < -0.4 is 0 Å². The van der Waals surface area contributed by atoms with Gasteiger partial charge < -0.3 is 0 Å². The molecule has 0 N–H and O–H groups in total. The van der Waals surface area contributed by atoms with Crippen molar-refractivity contribution in [1.29, 1.82) is 0 Å². The molecule has 0 saturated carbocycles. The Morgan fingerprint density at radius 1 is 1.53 bits per heavy atom. The van der Waals surface area contributed by atoms with Crippen LogP contribution in [0, 0.1) is 17.0 Å². The van der Waals surface area contributed by atoms with Gasteiger partial charge in [-0.25, -0.2) is 0 Å². The summed E-state index contributed by atoms with van der Waals surface area (Å²) in [7, 11) is 0. The van der Waals surface area contributed by atoms with Gasteiger partial charge in [-0.15, -0.1) is 0 Å². The van der Waals surface area contributed by atoms with E-state index in [0.717, 1.165) is 0 Å². The number of carbonyl (C=O) groups is 1. The number of nitro groups is 1. The summed E-state index contributed by atoms with van der Waals surface area (Å²) in [6, 6.07) is 2.80. The fraction of sp³-hybridized carbons (Fsp3) is 0.222. The Morgan fingerprint density at radius 3 is 2.60 bits per heavy atom. The molecule has 0 aliphatic carbocycles. The summed E-state index contributed by atoms with van der Waals surface area (Å²) in [6.45, 7) is 1.67. The fourth-order valence-electron chi connectivity index (χ4n) is 1.19. The van der Waals surface area contributed by atoms with Crippen LogP contribution in [-0.4, -0.2) is 16.0 Å². The van der Waals surface area contributed by atoms with Crippen molar-refractivity contribution in [3.05, 3.63) is 37.8 Å². The van der Waals surface area contributed by atoms with Crippen molar-refractivity contribution in [2.75, 3.05) is 5.33 Å². The minimum atomic E-state index is -0.487. The number of alkyl halides is 1. The normalized spacial score (nSPS) is 10.1. The first kappa shape index (κ1) is 12.3. The summed E-state index contributed by atoms with van der Waals surface area (Å²) in [4.78, 5) is 21.5. The van der Waals surface area contributed by atoms with Crippen molar-refractivity contribution >= 4 is 43.3 Å². The molecular formula is C9H7Br2NO3. The van der Waals surface area contributed by atoms with E-state index in [2.05, 4.69) is 31.9 Å². The lowest BCUT2D eigenvalue weighted by atomic mass is 10.1. The molecule has 0 fully saturated rings. The highest BCUT2D eigenvalue weighted by Crippen LogP contribution is 2.30. The maximum Gasteiger partial charge on any atom is 0.283 e. The van der Waals surface area contributed by atoms with Crippen LogP contribution in [0.4, 0.5) is 5.69 Å². The zero-order chi connectivity index (χ0) is 11.6. The Hall–Kier alpha value is -0.750. The minimum absolute atomic E-state index is 0.0291. The molecule has 4 nitrogen and oxygen atoms in total. The summed E-state index contributed by atoms with van der Waals surface area (Å²) < 4.78 is 0.360. The number of Topliss-reactive ketones (excluding diaryl/α,β-unsaturated/α-hetero) is 1. The van der Waals surface area contributed by atoms with E-state index in [9.17, 15) is 14.9 Å². The smallest absolute Gasteiger partial charge is 0.283 e. The van der Waals surface area contributed by atoms with E-state index in [1.807, 2.05) is 0 Å². The first-order valence-electron chi connectivity index (χ1n) is 4.01. The number of hydrogen-bond acceptors (Lipinski definition) is 3. The average Bonchev–Trinajstić information content (AvgIpc) is 2.20. The van der Waals surface area contributed by atoms with Gasteiger partial charge in [-0.1, -0.05) is 15.9 Å². The molecule has 0 bridgehead atoms. The van der Waals surface area contributed by atoms with Gasteiger partial charge in [0.25, 0.3) is 5.69 Å². The number of ketones is 1. The summed E-state index contributed by atoms with van der Waals surface area (Å²) in [6.07, 6.45) is 0. The van der Waals surface area contributed by atoms with Crippen LogP contribution in [0.2, 0.25) is 0 Å². The SMILES string of the molecule is Cc1c(C(=O)CBr)ccc([N+](=O)[O-])c1Br. The Morgan fingerprint density at radius 2 is 2.13 bits per heavy atom. The van der Waals surface area contributed by atoms with E-state index in [1.165, 1.54) is 12.1 Å². The number of nitrogens with zero attached hydrogens (tertiary/aromatic N) is 1. The molecule has 0 spiro atoms. The van der Waals surface area contributed by atoms with Gasteiger partial charge in [0.2, 0.25) is 0 Å². The Kier molecular flexibility index (Phi) is 3.98. The topological polar surface area (TPSA) is 60.2 Å². The predicted molar refractivity (Wildman–Crippen MR) is 63.7 cm³/mol. The van der Waals surface area contributed by atoms with Crippen molar-refractivity contribution in [3.63, 3.8) is 0 Å². The molecule has 0 aromatic heterocycles. The van der Waals surface area contributed by atoms with Gasteiger partial charge in [0.1, 0.15) is 0 Å². The molecule has 0 atom stereocenters. The fourth-order valence-corrected chi connectivity index (χ4v) is 1.98. The molecule has 80 valence electrons. The minimum Gasteiger partial charge on any atom is -0.293 e. The molecule has 1 aromatic rings. The molecule has 15 heavy (non-hydrogen) atoms. The van der Waals surface area contributed by atoms with Crippen molar-refractivity contribution < 1.29 is 9.72 Å². The zero-order valence-electron chi connectivity index (χ0n) is 7.79. The third-order valence-electron chi connectivity index (χ3n) is 1.98. The number of hydrogen-bond donors (Lipinski definition) is 0. The molecule has 0 aliphatic heterocycles. The predicted octanol–water partition coefficient (Wildman–Crippen LogP) is 3.24. The van der Waals surface area contributed by atoms with Crippen LogP contribution in [0.25, 0.3) is 0 Å². The lowest BCUT2D eigenvalue weighted by Gasteiger charge is -2.05. The van der Waals surface area contributed by atoms with Crippen LogP contribution in [0.15, 0.2) is 16.6 Å². The molecular weight excluding hydrogens is 330 g/mol. The second kappa shape index (κ2) is 4.85. The third kappa shape index (κ3) is 2.43. The molecule has 0 heterocycles. The van der Waals surface area contributed by atoms with Gasteiger partial charge in [-0.05, 0) is 34.5 Å². The first-order chi connectivity index (χ1) is 6.99. The van der Waals surface area contributed by atoms with E-state index in [1.54, 1.807) is 6.92 Å². The zero-order valence-corrected chi connectivity index (χ0v) is 11.0. The Labute approximate surface area is 103 Å². The van der Waals surface area contributed by atoms with E-state index in [0.29, 0.717) is 15.6 Å². The number of carbonyl (C=O) groups excluding carboxylic acids is 1. The van der Waals surface area contributed by atoms with Crippen molar-refractivity contribution in [2.45, 2.75) is 6.92 Å². The first-order valence-corrected chi connectivity index (χ1v) is 5.93. The molecule has 1 rings (SSSR count). The molecule has 0 saturated heterocycles. The van der Waals surface area contributed by atoms with E-state index >= 15 is 0 Å². The summed E-state index contributed by atoms with van der Waals surface area (Å²) >= 11 is 6.18. The molecule has 0 aliphatic rings.